The van der Waals surface area contributed by atoms with E-state index in [-0.39, 0.29) is 12.5 Å². The highest BCUT2D eigenvalue weighted by molar-refractivity contribution is 5.85. The first-order chi connectivity index (χ1) is 8.84. The largest absolute Gasteiger partial charge is 0.490 e. The summed E-state index contributed by atoms with van der Waals surface area (Å²) in [5, 5.41) is 5.70. The van der Waals surface area contributed by atoms with Crippen LogP contribution in [-0.4, -0.2) is 43.3 Å². The van der Waals surface area contributed by atoms with E-state index in [4.69, 9.17) is 0 Å². The van der Waals surface area contributed by atoms with E-state index in [2.05, 4.69) is 15.4 Å². The molecule has 0 aromatic heterocycles. The van der Waals surface area contributed by atoms with Crippen molar-refractivity contribution in [3.05, 3.63) is 0 Å². The molecule has 1 amide bonds. The van der Waals surface area contributed by atoms with Gasteiger partial charge in [-0.3, -0.25) is 4.79 Å². The lowest BCUT2D eigenvalue weighted by molar-refractivity contribution is -0.205. The SMILES string of the molecule is CCC(OC(=O)C(F)(F)F)C(=O)NC1CCNCC1. The summed E-state index contributed by atoms with van der Waals surface area (Å²) in [4.78, 5) is 22.4. The molecule has 1 unspecified atom stereocenters. The quantitative estimate of drug-likeness (QED) is 0.746. The minimum atomic E-state index is -5.08. The van der Waals surface area contributed by atoms with Crippen LogP contribution in [0.25, 0.3) is 0 Å². The smallest absolute Gasteiger partial charge is 0.446 e. The summed E-state index contributed by atoms with van der Waals surface area (Å²) in [5.41, 5.74) is 0. The third kappa shape index (κ3) is 5.06. The number of halogens is 3. The van der Waals surface area contributed by atoms with Gasteiger partial charge in [0.25, 0.3) is 5.91 Å². The van der Waals surface area contributed by atoms with Crippen LogP contribution in [0.15, 0.2) is 0 Å². The molecule has 1 saturated heterocycles. The molecule has 1 aliphatic heterocycles. The Morgan fingerprint density at radius 2 is 1.95 bits per heavy atom. The fourth-order valence-corrected chi connectivity index (χ4v) is 1.78. The molecule has 0 bridgehead atoms. The van der Waals surface area contributed by atoms with Crippen molar-refractivity contribution in [2.45, 2.75) is 44.5 Å². The van der Waals surface area contributed by atoms with Crippen molar-refractivity contribution in [1.82, 2.24) is 10.6 Å². The number of carbonyl (C=O) groups excluding carboxylic acids is 2. The zero-order valence-electron chi connectivity index (χ0n) is 10.5. The van der Waals surface area contributed by atoms with Gasteiger partial charge in [0.05, 0.1) is 0 Å². The number of amides is 1. The number of piperidine rings is 1. The molecule has 5 nitrogen and oxygen atoms in total. The van der Waals surface area contributed by atoms with Gasteiger partial charge in [-0.2, -0.15) is 13.2 Å². The van der Waals surface area contributed by atoms with E-state index in [1.165, 1.54) is 6.92 Å². The van der Waals surface area contributed by atoms with Crippen LogP contribution in [0.2, 0.25) is 0 Å². The number of alkyl halides is 3. The van der Waals surface area contributed by atoms with E-state index < -0.39 is 24.2 Å². The zero-order valence-corrected chi connectivity index (χ0v) is 10.5. The van der Waals surface area contributed by atoms with Crippen LogP contribution in [0.1, 0.15) is 26.2 Å². The Labute approximate surface area is 108 Å². The van der Waals surface area contributed by atoms with Gasteiger partial charge in [0.15, 0.2) is 6.10 Å². The maximum atomic E-state index is 12.1. The second kappa shape index (κ2) is 6.74. The Morgan fingerprint density at radius 3 is 2.42 bits per heavy atom. The molecule has 1 fully saturated rings. The Balaban J connectivity index is 2.49. The number of hydrogen-bond donors (Lipinski definition) is 2. The van der Waals surface area contributed by atoms with E-state index in [1.807, 2.05) is 0 Å². The minimum Gasteiger partial charge on any atom is -0.446 e. The number of nitrogens with one attached hydrogen (secondary N) is 2. The molecular weight excluding hydrogens is 265 g/mol. The number of hydrogen-bond acceptors (Lipinski definition) is 4. The van der Waals surface area contributed by atoms with Gasteiger partial charge in [0, 0.05) is 6.04 Å². The highest BCUT2D eigenvalue weighted by Crippen LogP contribution is 2.18. The molecule has 1 rings (SSSR count). The van der Waals surface area contributed by atoms with Gasteiger partial charge in [-0.1, -0.05) is 6.92 Å². The third-order valence-electron chi connectivity index (χ3n) is 2.83. The molecule has 1 aliphatic rings. The average molecular weight is 282 g/mol. The van der Waals surface area contributed by atoms with Crippen molar-refractivity contribution in [3.8, 4) is 0 Å². The molecule has 8 heteroatoms. The van der Waals surface area contributed by atoms with Crippen LogP contribution in [0.3, 0.4) is 0 Å². The van der Waals surface area contributed by atoms with Crippen LogP contribution in [0.4, 0.5) is 13.2 Å². The Kier molecular flexibility index (Phi) is 5.59. The predicted octanol–water partition coefficient (Wildman–Crippen LogP) is 0.739. The first kappa shape index (κ1) is 15.7. The molecule has 1 heterocycles. The molecule has 2 N–H and O–H groups in total. The number of carbonyl (C=O) groups is 2. The lowest BCUT2D eigenvalue weighted by atomic mass is 10.1. The van der Waals surface area contributed by atoms with Crippen molar-refractivity contribution >= 4 is 11.9 Å². The van der Waals surface area contributed by atoms with Crippen LogP contribution >= 0.6 is 0 Å². The maximum Gasteiger partial charge on any atom is 0.490 e. The number of ether oxygens (including phenoxy) is 1. The summed E-state index contributed by atoms with van der Waals surface area (Å²) in [6.07, 6.45) is -5.07. The molecule has 0 radical (unpaired) electrons. The van der Waals surface area contributed by atoms with Gasteiger partial charge < -0.3 is 15.4 Å². The van der Waals surface area contributed by atoms with Gasteiger partial charge >= 0.3 is 12.1 Å². The summed E-state index contributed by atoms with van der Waals surface area (Å²) >= 11 is 0. The van der Waals surface area contributed by atoms with Crippen molar-refractivity contribution in [1.29, 1.82) is 0 Å². The number of rotatable bonds is 4. The summed E-state index contributed by atoms with van der Waals surface area (Å²) in [6, 6.07) is -0.0904. The van der Waals surface area contributed by atoms with Gasteiger partial charge in [0.1, 0.15) is 0 Å². The second-order valence-corrected chi connectivity index (χ2v) is 4.33. The van der Waals surface area contributed by atoms with Crippen LogP contribution in [0.5, 0.6) is 0 Å². The van der Waals surface area contributed by atoms with Gasteiger partial charge in [0.2, 0.25) is 0 Å². The van der Waals surface area contributed by atoms with Gasteiger partial charge in [-0.15, -0.1) is 0 Å². The van der Waals surface area contributed by atoms with Crippen molar-refractivity contribution < 1.29 is 27.5 Å². The standard InChI is InChI=1S/C11H17F3N2O3/c1-2-8(19-10(18)11(12,13)14)9(17)16-7-3-5-15-6-4-7/h7-8,15H,2-6H2,1H3,(H,16,17). The molecule has 19 heavy (non-hydrogen) atoms. The number of esters is 1. The van der Waals surface area contributed by atoms with Crippen molar-refractivity contribution in [2.24, 2.45) is 0 Å². The van der Waals surface area contributed by atoms with E-state index in [9.17, 15) is 22.8 Å². The zero-order chi connectivity index (χ0) is 14.5. The molecule has 0 aliphatic carbocycles. The monoisotopic (exact) mass is 282 g/mol. The van der Waals surface area contributed by atoms with E-state index in [0.29, 0.717) is 12.8 Å². The molecule has 0 aromatic carbocycles. The third-order valence-corrected chi connectivity index (χ3v) is 2.83. The van der Waals surface area contributed by atoms with Gasteiger partial charge in [-0.25, -0.2) is 4.79 Å². The summed E-state index contributed by atoms with van der Waals surface area (Å²) < 4.78 is 40.3. The lowest BCUT2D eigenvalue weighted by Crippen LogP contribution is -2.48. The normalized spacial score (nSPS) is 18.7. The van der Waals surface area contributed by atoms with Crippen molar-refractivity contribution in [2.75, 3.05) is 13.1 Å². The maximum absolute atomic E-state index is 12.1. The first-order valence-electron chi connectivity index (χ1n) is 6.13. The minimum absolute atomic E-state index is 0.00137. The molecule has 0 saturated carbocycles. The fraction of sp³-hybridized carbons (Fsp3) is 0.818. The van der Waals surface area contributed by atoms with Crippen LogP contribution < -0.4 is 10.6 Å². The average Bonchev–Trinajstić information content (AvgIpc) is 2.35. The Morgan fingerprint density at radius 1 is 1.37 bits per heavy atom. The highest BCUT2D eigenvalue weighted by Gasteiger charge is 2.43. The van der Waals surface area contributed by atoms with E-state index >= 15 is 0 Å². The highest BCUT2D eigenvalue weighted by atomic mass is 19.4. The molecular formula is C11H17F3N2O3. The first-order valence-corrected chi connectivity index (χ1v) is 6.13. The molecule has 0 spiro atoms. The molecule has 0 aromatic rings. The fourth-order valence-electron chi connectivity index (χ4n) is 1.78. The van der Waals surface area contributed by atoms with Gasteiger partial charge in [-0.05, 0) is 32.4 Å². The topological polar surface area (TPSA) is 67.4 Å². The van der Waals surface area contributed by atoms with E-state index in [0.717, 1.165) is 13.1 Å². The Bertz CT molecular complexity index is 328. The molecule has 1 atom stereocenters. The summed E-state index contributed by atoms with van der Waals surface area (Å²) in [5.74, 6) is -3.01. The van der Waals surface area contributed by atoms with Crippen LogP contribution in [0, 0.1) is 0 Å². The summed E-state index contributed by atoms with van der Waals surface area (Å²) in [6.45, 7) is 2.96. The lowest BCUT2D eigenvalue weighted by Gasteiger charge is -2.25. The van der Waals surface area contributed by atoms with Crippen molar-refractivity contribution in [3.63, 3.8) is 0 Å². The Hall–Kier alpha value is -1.31. The van der Waals surface area contributed by atoms with E-state index in [1.54, 1.807) is 0 Å². The predicted molar refractivity (Wildman–Crippen MR) is 60.3 cm³/mol. The second-order valence-electron chi connectivity index (χ2n) is 4.33. The summed E-state index contributed by atoms with van der Waals surface area (Å²) in [7, 11) is 0. The molecule has 110 valence electrons. The van der Waals surface area contributed by atoms with Crippen LogP contribution in [-0.2, 0) is 14.3 Å².